The van der Waals surface area contributed by atoms with Gasteiger partial charge >= 0.3 is 0 Å². The smallest absolute Gasteiger partial charge is 0.292 e. The lowest BCUT2D eigenvalue weighted by atomic mass is 9.93. The molecule has 1 aliphatic carbocycles. The van der Waals surface area contributed by atoms with E-state index in [0.29, 0.717) is 29.3 Å². The zero-order chi connectivity index (χ0) is 14.7. The molecule has 2 rings (SSSR count). The lowest BCUT2D eigenvalue weighted by Gasteiger charge is -2.22. The van der Waals surface area contributed by atoms with Crippen molar-refractivity contribution < 1.29 is 9.66 Å². The molecule has 0 spiro atoms. The van der Waals surface area contributed by atoms with Crippen LogP contribution in [0.4, 0.5) is 11.4 Å². The Morgan fingerprint density at radius 1 is 1.45 bits per heavy atom. The van der Waals surface area contributed by atoms with Gasteiger partial charge in [-0.2, -0.15) is 0 Å². The summed E-state index contributed by atoms with van der Waals surface area (Å²) in [5.74, 6) is 1.87. The van der Waals surface area contributed by atoms with Crippen molar-refractivity contribution in [2.45, 2.75) is 39.2 Å². The van der Waals surface area contributed by atoms with Crippen molar-refractivity contribution in [1.82, 2.24) is 0 Å². The maximum atomic E-state index is 11.1. The van der Waals surface area contributed by atoms with Crippen molar-refractivity contribution in [2.24, 2.45) is 11.8 Å². The first kappa shape index (κ1) is 14.6. The lowest BCUT2D eigenvalue weighted by Crippen LogP contribution is -2.25. The number of nitro benzene ring substituents is 1. The van der Waals surface area contributed by atoms with Crippen LogP contribution in [0.5, 0.6) is 5.75 Å². The van der Waals surface area contributed by atoms with Gasteiger partial charge in [-0.3, -0.25) is 10.1 Å². The molecule has 3 unspecified atom stereocenters. The maximum absolute atomic E-state index is 11.1. The van der Waals surface area contributed by atoms with Crippen LogP contribution in [0, 0.1) is 22.0 Å². The second-order valence-corrected chi connectivity index (χ2v) is 5.50. The number of anilines is 1. The Kier molecular flexibility index (Phi) is 4.47. The van der Waals surface area contributed by atoms with Gasteiger partial charge in [0.05, 0.1) is 12.0 Å². The number of ether oxygens (including phenoxy) is 1. The minimum atomic E-state index is -0.349. The Balaban J connectivity index is 2.21. The van der Waals surface area contributed by atoms with Crippen molar-refractivity contribution in [3.05, 3.63) is 28.3 Å². The third-order valence-electron chi connectivity index (χ3n) is 4.49. The predicted molar refractivity (Wildman–Crippen MR) is 79.2 cm³/mol. The van der Waals surface area contributed by atoms with E-state index in [1.807, 2.05) is 0 Å². The summed E-state index contributed by atoms with van der Waals surface area (Å²) in [4.78, 5) is 10.8. The molecular weight excluding hydrogens is 256 g/mol. The van der Waals surface area contributed by atoms with Gasteiger partial charge in [0.15, 0.2) is 0 Å². The van der Waals surface area contributed by atoms with E-state index in [-0.39, 0.29) is 10.6 Å². The fourth-order valence-electron chi connectivity index (χ4n) is 3.14. The molecule has 1 aromatic rings. The van der Waals surface area contributed by atoms with E-state index >= 15 is 0 Å². The van der Waals surface area contributed by atoms with Crippen LogP contribution in [0.15, 0.2) is 18.2 Å². The molecule has 5 nitrogen and oxygen atoms in total. The fraction of sp³-hybridized carbons (Fsp3) is 0.600. The topological polar surface area (TPSA) is 64.4 Å². The second kappa shape index (κ2) is 6.11. The number of nitro groups is 1. The summed E-state index contributed by atoms with van der Waals surface area (Å²) in [5, 5.41) is 14.5. The molecule has 1 aromatic carbocycles. The molecule has 0 radical (unpaired) electrons. The highest BCUT2D eigenvalue weighted by Crippen LogP contribution is 2.38. The van der Waals surface area contributed by atoms with Crippen LogP contribution < -0.4 is 10.1 Å². The van der Waals surface area contributed by atoms with Crippen LogP contribution in [0.2, 0.25) is 0 Å². The van der Waals surface area contributed by atoms with Crippen molar-refractivity contribution in [1.29, 1.82) is 0 Å². The van der Waals surface area contributed by atoms with Crippen LogP contribution in [0.3, 0.4) is 0 Å². The highest BCUT2D eigenvalue weighted by molar-refractivity contribution is 5.64. The van der Waals surface area contributed by atoms with E-state index in [4.69, 9.17) is 4.74 Å². The Morgan fingerprint density at radius 3 is 2.75 bits per heavy atom. The molecule has 0 bridgehead atoms. The molecule has 110 valence electrons. The SMILES string of the molecule is CCC1CCC(Nc2cc(OC)ccc2[N+](=O)[O-])C1C. The summed E-state index contributed by atoms with van der Waals surface area (Å²) in [7, 11) is 1.57. The molecule has 5 heteroatoms. The minimum Gasteiger partial charge on any atom is -0.497 e. The van der Waals surface area contributed by atoms with E-state index in [2.05, 4.69) is 19.2 Å². The quantitative estimate of drug-likeness (QED) is 0.656. The van der Waals surface area contributed by atoms with Crippen molar-refractivity contribution in [3.8, 4) is 5.75 Å². The molecule has 20 heavy (non-hydrogen) atoms. The van der Waals surface area contributed by atoms with Gasteiger partial charge < -0.3 is 10.1 Å². The molecule has 1 N–H and O–H groups in total. The number of rotatable bonds is 5. The number of nitrogens with zero attached hydrogens (tertiary/aromatic N) is 1. The molecule has 0 aliphatic heterocycles. The Bertz CT molecular complexity index is 490. The molecule has 1 aliphatic rings. The van der Waals surface area contributed by atoms with Crippen molar-refractivity contribution in [3.63, 3.8) is 0 Å². The summed E-state index contributed by atoms with van der Waals surface area (Å²) in [6.07, 6.45) is 3.42. The highest BCUT2D eigenvalue weighted by Gasteiger charge is 2.32. The van der Waals surface area contributed by atoms with Gasteiger partial charge in [0.25, 0.3) is 5.69 Å². The minimum absolute atomic E-state index is 0.109. The lowest BCUT2D eigenvalue weighted by molar-refractivity contribution is -0.384. The molecule has 0 amide bonds. The normalized spacial score (nSPS) is 25.4. The van der Waals surface area contributed by atoms with Crippen LogP contribution in [-0.4, -0.2) is 18.1 Å². The molecule has 1 saturated carbocycles. The first-order valence-electron chi connectivity index (χ1n) is 7.15. The third-order valence-corrected chi connectivity index (χ3v) is 4.49. The van der Waals surface area contributed by atoms with Gasteiger partial charge in [0.1, 0.15) is 11.4 Å². The van der Waals surface area contributed by atoms with Crippen LogP contribution in [0.1, 0.15) is 33.1 Å². The van der Waals surface area contributed by atoms with E-state index in [0.717, 1.165) is 6.42 Å². The summed E-state index contributed by atoms with van der Waals surface area (Å²) < 4.78 is 5.16. The van der Waals surface area contributed by atoms with Crippen molar-refractivity contribution >= 4 is 11.4 Å². The number of hydrogen-bond acceptors (Lipinski definition) is 4. The van der Waals surface area contributed by atoms with E-state index < -0.39 is 0 Å². The van der Waals surface area contributed by atoms with E-state index in [9.17, 15) is 10.1 Å². The maximum Gasteiger partial charge on any atom is 0.292 e. The monoisotopic (exact) mass is 278 g/mol. The average molecular weight is 278 g/mol. The number of methoxy groups -OCH3 is 1. The molecule has 3 atom stereocenters. The highest BCUT2D eigenvalue weighted by atomic mass is 16.6. The summed E-state index contributed by atoms with van der Waals surface area (Å²) in [6.45, 7) is 4.43. The fourth-order valence-corrected chi connectivity index (χ4v) is 3.14. The molecule has 0 aromatic heterocycles. The Labute approximate surface area is 119 Å². The Hall–Kier alpha value is -1.78. The first-order chi connectivity index (χ1) is 9.56. The molecule has 0 heterocycles. The molecule has 0 saturated heterocycles. The summed E-state index contributed by atoms with van der Waals surface area (Å²) in [5.41, 5.74) is 0.668. The van der Waals surface area contributed by atoms with Crippen molar-refractivity contribution in [2.75, 3.05) is 12.4 Å². The van der Waals surface area contributed by atoms with E-state index in [1.165, 1.54) is 18.9 Å². The van der Waals surface area contributed by atoms with Gasteiger partial charge in [-0.15, -0.1) is 0 Å². The van der Waals surface area contributed by atoms with E-state index in [1.54, 1.807) is 19.2 Å². The second-order valence-electron chi connectivity index (χ2n) is 5.50. The third kappa shape index (κ3) is 2.86. The van der Waals surface area contributed by atoms with Gasteiger partial charge in [-0.1, -0.05) is 20.3 Å². The van der Waals surface area contributed by atoms with Crippen LogP contribution >= 0.6 is 0 Å². The number of benzene rings is 1. The largest absolute Gasteiger partial charge is 0.497 e. The zero-order valence-corrected chi connectivity index (χ0v) is 12.3. The van der Waals surface area contributed by atoms with Gasteiger partial charge in [-0.05, 0) is 30.7 Å². The average Bonchev–Trinajstić information content (AvgIpc) is 2.79. The zero-order valence-electron chi connectivity index (χ0n) is 12.3. The van der Waals surface area contributed by atoms with Crippen LogP contribution in [-0.2, 0) is 0 Å². The van der Waals surface area contributed by atoms with Crippen LogP contribution in [0.25, 0.3) is 0 Å². The predicted octanol–water partition coefficient (Wildman–Crippen LogP) is 3.84. The van der Waals surface area contributed by atoms with Gasteiger partial charge in [0.2, 0.25) is 0 Å². The summed E-state index contributed by atoms with van der Waals surface area (Å²) >= 11 is 0. The van der Waals surface area contributed by atoms with Gasteiger partial charge in [-0.25, -0.2) is 0 Å². The number of nitrogens with one attached hydrogen (secondary N) is 1. The molecule has 1 fully saturated rings. The Morgan fingerprint density at radius 2 is 2.20 bits per heavy atom. The summed E-state index contributed by atoms with van der Waals surface area (Å²) in [6, 6.07) is 5.13. The van der Waals surface area contributed by atoms with Gasteiger partial charge in [0, 0.05) is 18.2 Å². The molecular formula is C15H22N2O3. The number of hydrogen-bond donors (Lipinski definition) is 1. The first-order valence-corrected chi connectivity index (χ1v) is 7.15. The standard InChI is InChI=1S/C15H22N2O3/c1-4-11-5-7-13(10(11)2)16-14-9-12(20-3)6-8-15(14)17(18)19/h6,8-11,13,16H,4-5,7H2,1-3H3.